The number of terminal acetylenes is 1. The van der Waals surface area contributed by atoms with Crippen molar-refractivity contribution in [3.63, 3.8) is 0 Å². The summed E-state index contributed by atoms with van der Waals surface area (Å²) >= 11 is 0. The molecule has 0 spiro atoms. The summed E-state index contributed by atoms with van der Waals surface area (Å²) in [6, 6.07) is 14.8. The molecule has 3 aromatic rings. The molecule has 5 rings (SSSR count). The van der Waals surface area contributed by atoms with Gasteiger partial charge in [-0.15, -0.1) is 6.42 Å². The summed E-state index contributed by atoms with van der Waals surface area (Å²) < 4.78 is 0. The largest absolute Gasteiger partial charge is 0.347 e. The topological polar surface area (TPSA) is 61.4 Å². The molecule has 1 aromatic carbocycles. The van der Waals surface area contributed by atoms with E-state index in [1.165, 1.54) is 5.56 Å². The second-order valence-corrected chi connectivity index (χ2v) is 8.55. The number of carbonyl (C=O) groups is 1. The van der Waals surface area contributed by atoms with Crippen LogP contribution in [0.2, 0.25) is 0 Å². The van der Waals surface area contributed by atoms with E-state index in [0.29, 0.717) is 25.0 Å². The number of nitrogens with one attached hydrogen (secondary N) is 1. The molecule has 6 nitrogen and oxygen atoms in total. The van der Waals surface area contributed by atoms with Crippen LogP contribution in [0.15, 0.2) is 54.9 Å². The van der Waals surface area contributed by atoms with Gasteiger partial charge in [0.1, 0.15) is 5.82 Å². The van der Waals surface area contributed by atoms with Crippen molar-refractivity contribution in [2.75, 3.05) is 24.5 Å². The summed E-state index contributed by atoms with van der Waals surface area (Å²) in [4.78, 5) is 26.3. The Kier molecular flexibility index (Phi) is 5.74. The molecule has 0 saturated carbocycles. The third kappa shape index (κ3) is 4.04. The van der Waals surface area contributed by atoms with Crippen LogP contribution in [0.1, 0.15) is 30.4 Å². The Hall–Kier alpha value is -3.43. The number of pyridine rings is 2. The molecule has 1 N–H and O–H groups in total. The number of amides is 1. The molecule has 2 aromatic heterocycles. The van der Waals surface area contributed by atoms with E-state index in [2.05, 4.69) is 38.2 Å². The van der Waals surface area contributed by atoms with Gasteiger partial charge in [-0.3, -0.25) is 9.78 Å². The van der Waals surface area contributed by atoms with Crippen LogP contribution < -0.4 is 10.2 Å². The minimum Gasteiger partial charge on any atom is -0.347 e. The van der Waals surface area contributed by atoms with Crippen LogP contribution in [0.3, 0.4) is 0 Å². The number of likely N-dealkylation sites (tertiary alicyclic amines) is 1. The fourth-order valence-electron chi connectivity index (χ4n) is 5.00. The standard InChI is InChI=1S/C26H27N5O/c1-2-19-8-11-25(29-15-19)31-21-9-10-22(31)18-30(17-21)26(32)12-14-27-16-20-5-3-7-24-23(20)6-4-13-28-24/h1,3-8,11,13,15,21-22,27H,9-10,12,14,16-18H2. The van der Waals surface area contributed by atoms with Crippen molar-refractivity contribution in [2.24, 2.45) is 0 Å². The maximum Gasteiger partial charge on any atom is 0.223 e. The number of piperazine rings is 1. The molecule has 162 valence electrons. The summed E-state index contributed by atoms with van der Waals surface area (Å²) in [5.74, 6) is 3.81. The molecule has 2 atom stereocenters. The summed E-state index contributed by atoms with van der Waals surface area (Å²) in [6.07, 6.45) is 11.7. The van der Waals surface area contributed by atoms with Crippen LogP contribution >= 0.6 is 0 Å². The maximum atomic E-state index is 12.9. The molecule has 2 aliphatic rings. The predicted octanol–water partition coefficient (Wildman–Crippen LogP) is 2.97. The van der Waals surface area contributed by atoms with E-state index in [1.807, 2.05) is 41.4 Å². The molecule has 1 amide bonds. The van der Waals surface area contributed by atoms with Crippen LogP contribution in [0, 0.1) is 12.3 Å². The van der Waals surface area contributed by atoms with Gasteiger partial charge < -0.3 is 15.1 Å². The van der Waals surface area contributed by atoms with Gasteiger partial charge in [-0.25, -0.2) is 4.98 Å². The summed E-state index contributed by atoms with van der Waals surface area (Å²) in [5.41, 5.74) is 3.00. The summed E-state index contributed by atoms with van der Waals surface area (Å²) in [5, 5.41) is 4.59. The van der Waals surface area contributed by atoms with Crippen molar-refractivity contribution in [1.82, 2.24) is 20.2 Å². The Morgan fingerprint density at radius 2 is 1.94 bits per heavy atom. The molecule has 32 heavy (non-hydrogen) atoms. The number of hydrogen-bond donors (Lipinski definition) is 1. The monoisotopic (exact) mass is 425 g/mol. The minimum atomic E-state index is 0.226. The van der Waals surface area contributed by atoms with Gasteiger partial charge in [0, 0.05) is 68.0 Å². The predicted molar refractivity (Wildman–Crippen MR) is 126 cm³/mol. The number of fused-ring (bicyclic) bond motifs is 3. The molecular weight excluding hydrogens is 398 g/mol. The molecular formula is C26H27N5O. The van der Waals surface area contributed by atoms with Crippen LogP contribution in [-0.4, -0.2) is 52.5 Å². The fraction of sp³-hybridized carbons (Fsp3) is 0.346. The van der Waals surface area contributed by atoms with Crippen molar-refractivity contribution in [3.8, 4) is 12.3 Å². The number of aromatic nitrogens is 2. The number of benzene rings is 1. The minimum absolute atomic E-state index is 0.226. The number of anilines is 1. The van der Waals surface area contributed by atoms with E-state index in [4.69, 9.17) is 6.42 Å². The quantitative estimate of drug-likeness (QED) is 0.486. The molecule has 0 aliphatic carbocycles. The third-order valence-electron chi connectivity index (χ3n) is 6.58. The Labute approximate surface area is 188 Å². The van der Waals surface area contributed by atoms with Crippen LogP contribution in [-0.2, 0) is 11.3 Å². The van der Waals surface area contributed by atoms with Crippen LogP contribution in [0.4, 0.5) is 5.82 Å². The summed E-state index contributed by atoms with van der Waals surface area (Å²) in [6.45, 7) is 2.93. The van der Waals surface area contributed by atoms with Gasteiger partial charge >= 0.3 is 0 Å². The zero-order valence-electron chi connectivity index (χ0n) is 18.1. The average molecular weight is 426 g/mol. The first kappa shape index (κ1) is 20.5. The van der Waals surface area contributed by atoms with Gasteiger partial charge in [-0.2, -0.15) is 0 Å². The highest BCUT2D eigenvalue weighted by atomic mass is 16.2. The lowest BCUT2D eigenvalue weighted by atomic mass is 10.1. The van der Waals surface area contributed by atoms with Crippen molar-refractivity contribution < 1.29 is 4.79 Å². The third-order valence-corrected chi connectivity index (χ3v) is 6.58. The lowest BCUT2D eigenvalue weighted by molar-refractivity contribution is -0.132. The highest BCUT2D eigenvalue weighted by Crippen LogP contribution is 2.34. The Balaban J connectivity index is 1.14. The second kappa shape index (κ2) is 8.97. The molecule has 6 heteroatoms. The first-order chi connectivity index (χ1) is 15.7. The Morgan fingerprint density at radius 3 is 2.69 bits per heavy atom. The SMILES string of the molecule is C#Cc1ccc(N2C3CCC2CN(C(=O)CCNCc2cccc4ncccc24)C3)nc1. The normalized spacial score (nSPS) is 19.8. The molecule has 0 radical (unpaired) electrons. The molecule has 2 unspecified atom stereocenters. The molecule has 2 fully saturated rings. The first-order valence-corrected chi connectivity index (χ1v) is 11.2. The smallest absolute Gasteiger partial charge is 0.223 e. The number of hydrogen-bond acceptors (Lipinski definition) is 5. The van der Waals surface area contributed by atoms with E-state index >= 15 is 0 Å². The lowest BCUT2D eigenvalue weighted by Gasteiger charge is -2.41. The lowest BCUT2D eigenvalue weighted by Crippen LogP contribution is -2.56. The summed E-state index contributed by atoms with van der Waals surface area (Å²) in [7, 11) is 0. The van der Waals surface area contributed by atoms with Gasteiger partial charge in [-0.05, 0) is 42.7 Å². The van der Waals surface area contributed by atoms with Crippen molar-refractivity contribution in [2.45, 2.75) is 37.9 Å². The second-order valence-electron chi connectivity index (χ2n) is 8.55. The van der Waals surface area contributed by atoms with Gasteiger partial charge in [-0.1, -0.05) is 24.1 Å². The van der Waals surface area contributed by atoms with Crippen molar-refractivity contribution in [1.29, 1.82) is 0 Å². The Morgan fingerprint density at radius 1 is 1.09 bits per heavy atom. The van der Waals surface area contributed by atoms with Gasteiger partial charge in [0.15, 0.2) is 0 Å². The van der Waals surface area contributed by atoms with E-state index in [9.17, 15) is 4.79 Å². The molecule has 2 aliphatic heterocycles. The Bertz CT molecular complexity index is 1130. The molecule has 2 bridgehead atoms. The highest BCUT2D eigenvalue weighted by Gasteiger charge is 2.41. The van der Waals surface area contributed by atoms with E-state index < -0.39 is 0 Å². The van der Waals surface area contributed by atoms with Gasteiger partial charge in [0.25, 0.3) is 0 Å². The maximum absolute atomic E-state index is 12.9. The van der Waals surface area contributed by atoms with Crippen LogP contribution in [0.25, 0.3) is 10.9 Å². The van der Waals surface area contributed by atoms with Crippen molar-refractivity contribution in [3.05, 3.63) is 66.0 Å². The fourth-order valence-corrected chi connectivity index (χ4v) is 5.00. The zero-order chi connectivity index (χ0) is 21.9. The number of rotatable bonds is 6. The number of carbonyl (C=O) groups excluding carboxylic acids is 1. The van der Waals surface area contributed by atoms with Crippen LogP contribution in [0.5, 0.6) is 0 Å². The molecule has 4 heterocycles. The first-order valence-electron chi connectivity index (χ1n) is 11.2. The van der Waals surface area contributed by atoms with Gasteiger partial charge in [0.2, 0.25) is 5.91 Å². The van der Waals surface area contributed by atoms with Gasteiger partial charge in [0.05, 0.1) is 5.52 Å². The number of nitrogens with zero attached hydrogens (tertiary/aromatic N) is 4. The van der Waals surface area contributed by atoms with E-state index in [1.54, 1.807) is 6.20 Å². The van der Waals surface area contributed by atoms with E-state index in [-0.39, 0.29) is 5.91 Å². The average Bonchev–Trinajstić information content (AvgIpc) is 3.10. The van der Waals surface area contributed by atoms with E-state index in [0.717, 1.165) is 54.8 Å². The van der Waals surface area contributed by atoms with Crippen molar-refractivity contribution >= 4 is 22.6 Å². The zero-order valence-corrected chi connectivity index (χ0v) is 18.1. The molecule has 2 saturated heterocycles. The highest BCUT2D eigenvalue weighted by molar-refractivity contribution is 5.82.